The first kappa shape index (κ1) is 28.8. The largest absolute Gasteiger partial charge is 0.507 e. The maximum Gasteiger partial charge on any atom is 0.123 e. The minimum atomic E-state index is -0.189. The quantitative estimate of drug-likeness (QED) is 0.367. The molecule has 3 aromatic rings. The van der Waals surface area contributed by atoms with E-state index in [0.29, 0.717) is 11.5 Å². The van der Waals surface area contributed by atoms with Crippen LogP contribution in [0.3, 0.4) is 0 Å². The predicted molar refractivity (Wildman–Crippen MR) is 160 cm³/mol. The highest BCUT2D eigenvalue weighted by atomic mass is 16.3. The highest BCUT2D eigenvalue weighted by molar-refractivity contribution is 5.78. The second kappa shape index (κ2) is 9.22. The molecule has 0 aliphatic rings. The van der Waals surface area contributed by atoms with Gasteiger partial charge in [-0.3, -0.25) is 0 Å². The van der Waals surface area contributed by atoms with Crippen molar-refractivity contribution in [3.63, 3.8) is 0 Å². The lowest BCUT2D eigenvalue weighted by molar-refractivity contribution is 0.422. The number of phenols is 2. The van der Waals surface area contributed by atoms with Gasteiger partial charge in [-0.2, -0.15) is 0 Å². The van der Waals surface area contributed by atoms with Gasteiger partial charge in [0, 0.05) is 22.3 Å². The lowest BCUT2D eigenvalue weighted by atomic mass is 9.76. The van der Waals surface area contributed by atoms with Crippen LogP contribution in [0, 0.1) is 6.92 Å². The molecule has 0 saturated heterocycles. The van der Waals surface area contributed by atoms with E-state index in [0.717, 1.165) is 44.5 Å². The first-order valence-electron chi connectivity index (χ1n) is 13.5. The smallest absolute Gasteiger partial charge is 0.123 e. The van der Waals surface area contributed by atoms with Gasteiger partial charge in [0.2, 0.25) is 0 Å². The van der Waals surface area contributed by atoms with E-state index in [1.165, 1.54) is 5.56 Å². The van der Waals surface area contributed by atoms with Crippen LogP contribution in [0.15, 0.2) is 42.5 Å². The number of aryl methyl sites for hydroxylation is 1. The third-order valence-electron chi connectivity index (χ3n) is 7.33. The molecular formula is C35H48O2. The van der Waals surface area contributed by atoms with Gasteiger partial charge in [-0.1, -0.05) is 95.2 Å². The molecule has 0 amide bonds. The fourth-order valence-electron chi connectivity index (χ4n) is 4.99. The summed E-state index contributed by atoms with van der Waals surface area (Å²) in [6.45, 7) is 28.0. The lowest BCUT2D eigenvalue weighted by Crippen LogP contribution is -2.17. The molecule has 0 heterocycles. The number of hydrogen-bond acceptors (Lipinski definition) is 2. The van der Waals surface area contributed by atoms with Crippen molar-refractivity contribution in [3.8, 4) is 33.8 Å². The molecule has 0 aliphatic carbocycles. The summed E-state index contributed by atoms with van der Waals surface area (Å²) in [5.41, 5.74) is 8.83. The van der Waals surface area contributed by atoms with Crippen molar-refractivity contribution < 1.29 is 10.2 Å². The zero-order valence-corrected chi connectivity index (χ0v) is 25.4. The maximum absolute atomic E-state index is 11.2. The predicted octanol–water partition coefficient (Wildman–Crippen LogP) is 9.93. The second-order valence-corrected chi connectivity index (χ2v) is 14.9. The van der Waals surface area contributed by atoms with Crippen LogP contribution in [0.1, 0.15) is 111 Å². The Morgan fingerprint density at radius 1 is 0.432 bits per heavy atom. The van der Waals surface area contributed by atoms with E-state index in [2.05, 4.69) is 132 Å². The average Bonchev–Trinajstić information content (AvgIpc) is 2.71. The summed E-state index contributed by atoms with van der Waals surface area (Å²) >= 11 is 0. The summed E-state index contributed by atoms with van der Waals surface area (Å²) in [5, 5.41) is 22.5. The van der Waals surface area contributed by atoms with E-state index >= 15 is 0 Å². The van der Waals surface area contributed by atoms with Crippen molar-refractivity contribution in [1.82, 2.24) is 0 Å². The van der Waals surface area contributed by atoms with Gasteiger partial charge in [0.15, 0.2) is 0 Å². The van der Waals surface area contributed by atoms with Crippen molar-refractivity contribution in [2.45, 2.75) is 112 Å². The molecule has 37 heavy (non-hydrogen) atoms. The summed E-state index contributed by atoms with van der Waals surface area (Å²) in [7, 11) is 0. The highest BCUT2D eigenvalue weighted by Crippen LogP contribution is 2.45. The van der Waals surface area contributed by atoms with Crippen molar-refractivity contribution >= 4 is 0 Å². The normalized spacial score (nSPS) is 13.2. The summed E-state index contributed by atoms with van der Waals surface area (Å²) in [5.74, 6) is 0.806. The van der Waals surface area contributed by atoms with E-state index in [4.69, 9.17) is 0 Å². The zero-order chi connectivity index (χ0) is 28.3. The highest BCUT2D eigenvalue weighted by Gasteiger charge is 2.29. The van der Waals surface area contributed by atoms with Crippen LogP contribution in [-0.4, -0.2) is 10.2 Å². The number of aromatic hydroxyl groups is 2. The zero-order valence-electron chi connectivity index (χ0n) is 25.4. The molecule has 200 valence electrons. The SMILES string of the molecule is Cc1ccc(-c2cc(C(C)(C)C)c(O)c(C(C)(C)C)c2)cc1-c1cc(C(C)(C)C)c(O)c(C(C)(C)C)c1. The van der Waals surface area contributed by atoms with Crippen LogP contribution in [0.5, 0.6) is 11.5 Å². The van der Waals surface area contributed by atoms with Gasteiger partial charge < -0.3 is 10.2 Å². The van der Waals surface area contributed by atoms with Gasteiger partial charge in [-0.25, -0.2) is 0 Å². The third-order valence-corrected chi connectivity index (χ3v) is 7.33. The van der Waals surface area contributed by atoms with Crippen LogP contribution in [0.2, 0.25) is 0 Å². The Kier molecular flexibility index (Phi) is 7.19. The van der Waals surface area contributed by atoms with Crippen molar-refractivity contribution in [1.29, 1.82) is 0 Å². The molecule has 3 aromatic carbocycles. The van der Waals surface area contributed by atoms with Gasteiger partial charge >= 0.3 is 0 Å². The third kappa shape index (κ3) is 5.89. The molecular weight excluding hydrogens is 452 g/mol. The Bertz CT molecular complexity index is 1240. The van der Waals surface area contributed by atoms with Crippen molar-refractivity contribution in [2.24, 2.45) is 0 Å². The number of rotatable bonds is 2. The standard InChI is InChI=1S/C35H48O2/c1-21-14-15-22(23-17-26(32(2,3)4)30(36)27(18-23)33(5,6)7)16-25(21)24-19-28(34(8,9)10)31(37)29(20-24)35(11,12)13/h14-20,36-37H,1-13H3. The summed E-state index contributed by atoms with van der Waals surface area (Å²) < 4.78 is 0. The molecule has 0 atom stereocenters. The van der Waals surface area contributed by atoms with E-state index in [-0.39, 0.29) is 21.7 Å². The van der Waals surface area contributed by atoms with Gasteiger partial charge in [-0.15, -0.1) is 0 Å². The van der Waals surface area contributed by atoms with E-state index in [9.17, 15) is 10.2 Å². The van der Waals surface area contributed by atoms with Gasteiger partial charge in [0.05, 0.1) is 0 Å². The Hall–Kier alpha value is -2.74. The molecule has 2 nitrogen and oxygen atoms in total. The van der Waals surface area contributed by atoms with Crippen LogP contribution in [0.25, 0.3) is 22.3 Å². The fraction of sp³-hybridized carbons (Fsp3) is 0.486. The van der Waals surface area contributed by atoms with Crippen molar-refractivity contribution in [2.75, 3.05) is 0 Å². The van der Waals surface area contributed by atoms with Crippen LogP contribution in [-0.2, 0) is 21.7 Å². The van der Waals surface area contributed by atoms with Gasteiger partial charge in [-0.05, 0) is 86.7 Å². The molecule has 2 N–H and O–H groups in total. The molecule has 2 heteroatoms. The Morgan fingerprint density at radius 3 is 1.08 bits per heavy atom. The Labute approximate surface area is 225 Å². The molecule has 0 aliphatic heterocycles. The lowest BCUT2D eigenvalue weighted by Gasteiger charge is -2.29. The van der Waals surface area contributed by atoms with Crippen LogP contribution < -0.4 is 0 Å². The Balaban J connectivity index is 2.34. The summed E-state index contributed by atoms with van der Waals surface area (Å²) in [6.07, 6.45) is 0. The first-order chi connectivity index (χ1) is 16.6. The van der Waals surface area contributed by atoms with E-state index < -0.39 is 0 Å². The van der Waals surface area contributed by atoms with E-state index in [1.807, 2.05) is 0 Å². The molecule has 0 radical (unpaired) electrons. The Morgan fingerprint density at radius 2 is 0.757 bits per heavy atom. The maximum atomic E-state index is 11.2. The van der Waals surface area contributed by atoms with Crippen molar-refractivity contribution in [3.05, 3.63) is 70.3 Å². The average molecular weight is 501 g/mol. The molecule has 0 saturated carbocycles. The molecule has 0 spiro atoms. The summed E-state index contributed by atoms with van der Waals surface area (Å²) in [6, 6.07) is 15.3. The van der Waals surface area contributed by atoms with Gasteiger partial charge in [0.1, 0.15) is 11.5 Å². The molecule has 0 bridgehead atoms. The minimum Gasteiger partial charge on any atom is -0.507 e. The minimum absolute atomic E-state index is 0.187. The van der Waals surface area contributed by atoms with E-state index in [1.54, 1.807) is 0 Å². The molecule has 3 rings (SSSR count). The van der Waals surface area contributed by atoms with Gasteiger partial charge in [0.25, 0.3) is 0 Å². The second-order valence-electron chi connectivity index (χ2n) is 14.9. The van der Waals surface area contributed by atoms with Crippen LogP contribution in [0.4, 0.5) is 0 Å². The number of benzene rings is 3. The fourth-order valence-corrected chi connectivity index (χ4v) is 4.99. The number of hydrogen-bond donors (Lipinski definition) is 2. The topological polar surface area (TPSA) is 40.5 Å². The monoisotopic (exact) mass is 500 g/mol. The summed E-state index contributed by atoms with van der Waals surface area (Å²) in [4.78, 5) is 0. The number of phenolic OH excluding ortho intramolecular Hbond substituents is 2. The first-order valence-corrected chi connectivity index (χ1v) is 13.5. The molecule has 0 fully saturated rings. The van der Waals surface area contributed by atoms with Crippen LogP contribution >= 0.6 is 0 Å². The molecule has 0 aromatic heterocycles. The molecule has 0 unspecified atom stereocenters.